The summed E-state index contributed by atoms with van der Waals surface area (Å²) in [6.45, 7) is 1.58. The van der Waals surface area contributed by atoms with Gasteiger partial charge in [0.25, 0.3) is 11.1 Å². The monoisotopic (exact) mass is 244 g/mol. The first-order valence-electron chi connectivity index (χ1n) is 4.52. The molecule has 0 aromatic heterocycles. The molecule has 0 bridgehead atoms. The quantitative estimate of drug-likeness (QED) is 0.686. The minimum absolute atomic E-state index is 0.452. The van der Waals surface area contributed by atoms with Crippen molar-refractivity contribution in [3.05, 3.63) is 0 Å². The van der Waals surface area contributed by atoms with Crippen molar-refractivity contribution in [2.24, 2.45) is 5.92 Å². The smallest absolute Gasteiger partial charge is 0.414 e. The van der Waals surface area contributed by atoms with Gasteiger partial charge in [-0.15, -0.1) is 0 Å². The molecule has 0 radical (unpaired) electrons. The third-order valence-electron chi connectivity index (χ3n) is 2.39. The second kappa shape index (κ2) is 3.78. The SMILES string of the molecule is CC(C1OC(=O)NC1=O)C1SC(=O)NC1=O. The van der Waals surface area contributed by atoms with Gasteiger partial charge in [0.05, 0.1) is 5.25 Å². The lowest BCUT2D eigenvalue weighted by molar-refractivity contribution is -0.126. The highest BCUT2D eigenvalue weighted by Crippen LogP contribution is 2.30. The fourth-order valence-electron chi connectivity index (χ4n) is 1.59. The zero-order valence-corrected chi connectivity index (χ0v) is 9.00. The molecule has 2 rings (SSSR count). The second-order valence-corrected chi connectivity index (χ2v) is 4.60. The zero-order chi connectivity index (χ0) is 11.9. The molecule has 2 saturated heterocycles. The standard InChI is InChI=1S/C8H8N2O5S/c1-2(3-5(11)9-7(13)15-3)4-6(12)10-8(14)16-4/h2-4H,1H3,(H,9,11,13)(H,10,12,14). The molecule has 2 aliphatic rings. The number of nitrogens with one attached hydrogen (secondary N) is 2. The lowest BCUT2D eigenvalue weighted by atomic mass is 9.99. The summed E-state index contributed by atoms with van der Waals surface area (Å²) in [5, 5.41) is 2.93. The summed E-state index contributed by atoms with van der Waals surface area (Å²) in [6, 6.07) is 0. The Kier molecular flexibility index (Phi) is 2.58. The van der Waals surface area contributed by atoms with Crippen LogP contribution in [0.3, 0.4) is 0 Å². The van der Waals surface area contributed by atoms with Crippen LogP contribution in [0.4, 0.5) is 9.59 Å². The third kappa shape index (κ3) is 1.75. The molecule has 0 aromatic rings. The van der Waals surface area contributed by atoms with Crippen LogP contribution in [0.5, 0.6) is 0 Å². The topological polar surface area (TPSA) is 102 Å². The van der Waals surface area contributed by atoms with Crippen molar-refractivity contribution in [2.75, 3.05) is 0 Å². The third-order valence-corrected chi connectivity index (χ3v) is 3.60. The van der Waals surface area contributed by atoms with Crippen molar-refractivity contribution in [3.8, 4) is 0 Å². The van der Waals surface area contributed by atoms with E-state index < -0.39 is 40.4 Å². The van der Waals surface area contributed by atoms with E-state index in [1.165, 1.54) is 0 Å². The highest BCUT2D eigenvalue weighted by atomic mass is 32.2. The number of thioether (sulfide) groups is 1. The van der Waals surface area contributed by atoms with Gasteiger partial charge in [-0.05, 0) is 0 Å². The van der Waals surface area contributed by atoms with Gasteiger partial charge in [0, 0.05) is 5.92 Å². The molecule has 16 heavy (non-hydrogen) atoms. The molecule has 3 unspecified atom stereocenters. The molecule has 3 atom stereocenters. The van der Waals surface area contributed by atoms with Crippen LogP contribution in [0.2, 0.25) is 0 Å². The Morgan fingerprint density at radius 3 is 2.31 bits per heavy atom. The van der Waals surface area contributed by atoms with Crippen LogP contribution in [0, 0.1) is 5.92 Å². The lowest BCUT2D eigenvalue weighted by Gasteiger charge is -2.18. The van der Waals surface area contributed by atoms with Gasteiger partial charge in [0.15, 0.2) is 6.10 Å². The van der Waals surface area contributed by atoms with E-state index in [2.05, 4.69) is 5.32 Å². The summed E-state index contributed by atoms with van der Waals surface area (Å²) in [5.74, 6) is -1.59. The Morgan fingerprint density at radius 1 is 1.19 bits per heavy atom. The molecule has 2 N–H and O–H groups in total. The first kappa shape index (κ1) is 10.9. The summed E-state index contributed by atoms with van der Waals surface area (Å²) < 4.78 is 4.73. The molecule has 0 aromatic carbocycles. The maximum atomic E-state index is 11.3. The van der Waals surface area contributed by atoms with Crippen molar-refractivity contribution >= 4 is 34.9 Å². The van der Waals surface area contributed by atoms with Crippen molar-refractivity contribution in [2.45, 2.75) is 18.3 Å². The predicted octanol–water partition coefficient (Wildman–Crippen LogP) is -0.391. The molecule has 2 heterocycles. The number of alkyl carbamates (subject to hydrolysis) is 1. The minimum Gasteiger partial charge on any atom is -0.435 e. The van der Waals surface area contributed by atoms with E-state index in [0.29, 0.717) is 0 Å². The molecule has 86 valence electrons. The Bertz CT molecular complexity index is 360. The van der Waals surface area contributed by atoms with Gasteiger partial charge in [-0.1, -0.05) is 18.7 Å². The number of ether oxygens (including phenoxy) is 1. The molecule has 0 saturated carbocycles. The van der Waals surface area contributed by atoms with Crippen LogP contribution in [0.15, 0.2) is 0 Å². The van der Waals surface area contributed by atoms with E-state index in [0.717, 1.165) is 11.8 Å². The van der Waals surface area contributed by atoms with Gasteiger partial charge >= 0.3 is 6.09 Å². The van der Waals surface area contributed by atoms with E-state index in [9.17, 15) is 19.2 Å². The Balaban J connectivity index is 2.10. The largest absolute Gasteiger partial charge is 0.435 e. The van der Waals surface area contributed by atoms with E-state index in [1.54, 1.807) is 6.92 Å². The van der Waals surface area contributed by atoms with Crippen molar-refractivity contribution in [3.63, 3.8) is 0 Å². The first-order chi connectivity index (χ1) is 7.49. The van der Waals surface area contributed by atoms with Gasteiger partial charge in [0.1, 0.15) is 0 Å². The van der Waals surface area contributed by atoms with E-state index in [1.807, 2.05) is 5.32 Å². The molecule has 2 aliphatic heterocycles. The predicted molar refractivity (Wildman–Crippen MR) is 52.5 cm³/mol. The van der Waals surface area contributed by atoms with E-state index >= 15 is 0 Å². The molecule has 2 fully saturated rings. The molecule has 0 spiro atoms. The number of hydrogen-bond acceptors (Lipinski definition) is 6. The molecule has 7 nitrogen and oxygen atoms in total. The Hall–Kier alpha value is -1.57. The highest BCUT2D eigenvalue weighted by molar-refractivity contribution is 8.15. The van der Waals surface area contributed by atoms with Gasteiger partial charge < -0.3 is 4.74 Å². The van der Waals surface area contributed by atoms with Crippen molar-refractivity contribution in [1.29, 1.82) is 0 Å². The second-order valence-electron chi connectivity index (χ2n) is 3.49. The van der Waals surface area contributed by atoms with Crippen LogP contribution in [-0.4, -0.2) is 34.5 Å². The van der Waals surface area contributed by atoms with Crippen LogP contribution < -0.4 is 10.6 Å². The fraction of sp³-hybridized carbons (Fsp3) is 0.500. The summed E-state index contributed by atoms with van der Waals surface area (Å²) >= 11 is 0.801. The maximum Gasteiger partial charge on any atom is 0.414 e. The number of carbonyl (C=O) groups is 4. The maximum absolute atomic E-state index is 11.3. The summed E-state index contributed by atoms with van der Waals surface area (Å²) in [6.07, 6.45) is -1.83. The van der Waals surface area contributed by atoms with E-state index in [4.69, 9.17) is 4.74 Å². The van der Waals surface area contributed by atoms with Crippen LogP contribution >= 0.6 is 11.8 Å². The van der Waals surface area contributed by atoms with E-state index in [-0.39, 0.29) is 0 Å². The van der Waals surface area contributed by atoms with Crippen LogP contribution in [0.1, 0.15) is 6.92 Å². The van der Waals surface area contributed by atoms with Crippen LogP contribution in [-0.2, 0) is 14.3 Å². The number of hydrogen-bond donors (Lipinski definition) is 2. The average molecular weight is 244 g/mol. The molecular formula is C8H8N2O5S. The molecule has 8 heteroatoms. The van der Waals surface area contributed by atoms with Gasteiger partial charge in [-0.25, -0.2) is 4.79 Å². The molecule has 0 aliphatic carbocycles. The number of imide groups is 2. The highest BCUT2D eigenvalue weighted by Gasteiger charge is 2.46. The van der Waals surface area contributed by atoms with Crippen molar-refractivity contribution in [1.82, 2.24) is 10.6 Å². The average Bonchev–Trinajstić information content (AvgIpc) is 2.68. The molecular weight excluding hydrogens is 236 g/mol. The number of carbonyl (C=O) groups excluding carboxylic acids is 4. The van der Waals surface area contributed by atoms with Crippen molar-refractivity contribution < 1.29 is 23.9 Å². The summed E-state index contributed by atoms with van der Waals surface area (Å²) in [4.78, 5) is 44.4. The van der Waals surface area contributed by atoms with Crippen LogP contribution in [0.25, 0.3) is 0 Å². The summed E-state index contributed by atoms with van der Waals surface area (Å²) in [7, 11) is 0. The Labute approximate surface area is 94.3 Å². The number of cyclic esters (lactones) is 1. The lowest BCUT2D eigenvalue weighted by Crippen LogP contribution is -2.38. The van der Waals surface area contributed by atoms with Gasteiger partial charge in [-0.2, -0.15) is 0 Å². The Morgan fingerprint density at radius 2 is 1.88 bits per heavy atom. The number of rotatable bonds is 2. The normalized spacial score (nSPS) is 31.1. The van der Waals surface area contributed by atoms with Gasteiger partial charge in [0.2, 0.25) is 5.91 Å². The first-order valence-corrected chi connectivity index (χ1v) is 5.40. The zero-order valence-electron chi connectivity index (χ0n) is 8.18. The summed E-state index contributed by atoms with van der Waals surface area (Å²) in [5.41, 5.74) is 0. The molecule has 4 amide bonds. The van der Waals surface area contributed by atoms with Gasteiger partial charge in [-0.3, -0.25) is 25.0 Å². The number of amides is 4. The minimum atomic E-state index is -1.01. The fourth-order valence-corrected chi connectivity index (χ4v) is 2.50.